The number of nitrogens with two attached hydrogens (primary N) is 1. The number of nitrogens with one attached hydrogen (secondary N) is 2. The predicted octanol–water partition coefficient (Wildman–Crippen LogP) is 4.52. The van der Waals surface area contributed by atoms with Crippen LogP contribution in [-0.2, 0) is 13.2 Å². The van der Waals surface area contributed by atoms with Crippen molar-refractivity contribution in [1.29, 1.82) is 5.41 Å². The molecule has 0 spiro atoms. The molecule has 8 nitrogen and oxygen atoms in total. The number of hydrogen-bond donors (Lipinski definition) is 3. The molecule has 180 valence electrons. The minimum Gasteiger partial charge on any atom is -0.322 e. The average Bonchev–Trinajstić information content (AvgIpc) is 3.09. The van der Waals surface area contributed by atoms with Gasteiger partial charge in [-0.25, -0.2) is 5.84 Å². The van der Waals surface area contributed by atoms with Gasteiger partial charge < -0.3 is 15.7 Å². The molecule has 1 aromatic carbocycles. The number of hydrogen-bond acceptors (Lipinski definition) is 6. The highest BCUT2D eigenvalue weighted by atomic mass is 79.9. The van der Waals surface area contributed by atoms with Crippen LogP contribution in [-0.4, -0.2) is 32.9 Å². The molecule has 0 unspecified atom stereocenters. The molecule has 0 radical (unpaired) electrons. The molecule has 0 bridgehead atoms. The molecule has 0 aliphatic carbocycles. The highest BCUT2D eigenvalue weighted by Crippen LogP contribution is 2.36. The van der Waals surface area contributed by atoms with Crippen molar-refractivity contribution in [3.8, 4) is 0 Å². The number of alkyl halides is 3. The van der Waals surface area contributed by atoms with Gasteiger partial charge in [0, 0.05) is 34.7 Å². The summed E-state index contributed by atoms with van der Waals surface area (Å²) in [7, 11) is 1.77. The Balaban J connectivity index is 1.84. The maximum atomic E-state index is 13.2. The number of aromatic nitrogens is 3. The van der Waals surface area contributed by atoms with Gasteiger partial charge in [0.05, 0.1) is 41.0 Å². The summed E-state index contributed by atoms with van der Waals surface area (Å²) in [6.07, 6.45) is -1.67. The molecule has 12 heteroatoms. The Morgan fingerprint density at radius 2 is 1.91 bits per heavy atom. The minimum atomic E-state index is -4.56. The number of halogens is 4. The molecule has 34 heavy (non-hydrogen) atoms. The number of rotatable bonds is 6. The van der Waals surface area contributed by atoms with Crippen molar-refractivity contribution in [3.05, 3.63) is 68.7 Å². The van der Waals surface area contributed by atoms with Crippen molar-refractivity contribution in [1.82, 2.24) is 14.8 Å². The SMILES string of the molecule is Cc1ncc(C(=O)Nc2cc(C(F)(F)F)cc(Br)c2C)cc1N(N)CC(=N)c1cnn(C)c1C. The van der Waals surface area contributed by atoms with Gasteiger partial charge in [-0.3, -0.25) is 14.5 Å². The van der Waals surface area contributed by atoms with E-state index in [4.69, 9.17) is 11.3 Å². The van der Waals surface area contributed by atoms with E-state index in [0.29, 0.717) is 22.5 Å². The predicted molar refractivity (Wildman–Crippen MR) is 127 cm³/mol. The van der Waals surface area contributed by atoms with E-state index in [9.17, 15) is 18.0 Å². The lowest BCUT2D eigenvalue weighted by Gasteiger charge is -2.21. The van der Waals surface area contributed by atoms with E-state index >= 15 is 0 Å². The van der Waals surface area contributed by atoms with E-state index in [1.54, 1.807) is 31.8 Å². The Bertz CT molecular complexity index is 1270. The van der Waals surface area contributed by atoms with Crippen LogP contribution in [0, 0.1) is 26.2 Å². The number of hydrazine groups is 1. The molecule has 0 saturated carbocycles. The first-order chi connectivity index (χ1) is 15.8. The van der Waals surface area contributed by atoms with Gasteiger partial charge in [-0.2, -0.15) is 18.3 Å². The maximum Gasteiger partial charge on any atom is 0.416 e. The number of pyridine rings is 1. The lowest BCUT2D eigenvalue weighted by Crippen LogP contribution is -2.37. The molecule has 0 fully saturated rings. The first-order valence-corrected chi connectivity index (χ1v) is 10.8. The van der Waals surface area contributed by atoms with E-state index in [1.807, 2.05) is 6.92 Å². The number of nitrogens with zero attached hydrogens (tertiary/aromatic N) is 4. The topological polar surface area (TPSA) is 113 Å². The van der Waals surface area contributed by atoms with Crippen LogP contribution in [0.25, 0.3) is 0 Å². The molecule has 3 rings (SSSR count). The molecular formula is C22H23BrF3N7O. The van der Waals surface area contributed by atoms with E-state index < -0.39 is 17.6 Å². The standard InChI is InChI=1S/C22H23BrF3N7O/c1-11-17(23)6-15(22(24,25)26)7-19(11)31-21(34)14-5-20(12(2)29-8-14)33(28)10-18(27)16-9-30-32(4)13(16)3/h5-9,27H,10,28H2,1-4H3,(H,31,34). The second-order valence-electron chi connectivity index (χ2n) is 7.78. The second kappa shape index (κ2) is 9.55. The Kier molecular flexibility index (Phi) is 7.13. The van der Waals surface area contributed by atoms with Crippen LogP contribution in [0.3, 0.4) is 0 Å². The summed E-state index contributed by atoms with van der Waals surface area (Å²) >= 11 is 3.11. The van der Waals surface area contributed by atoms with Crippen molar-refractivity contribution < 1.29 is 18.0 Å². The van der Waals surface area contributed by atoms with E-state index in [-0.39, 0.29) is 28.0 Å². The van der Waals surface area contributed by atoms with Crippen LogP contribution in [0.4, 0.5) is 24.5 Å². The first-order valence-electron chi connectivity index (χ1n) is 10.0. The molecule has 4 N–H and O–H groups in total. The van der Waals surface area contributed by atoms with E-state index in [0.717, 1.165) is 17.8 Å². The Labute approximate surface area is 202 Å². The van der Waals surface area contributed by atoms with Gasteiger partial charge >= 0.3 is 6.18 Å². The van der Waals surface area contributed by atoms with Gasteiger partial charge in [-0.05, 0) is 44.5 Å². The number of carbonyl (C=O) groups excluding carboxylic acids is 1. The summed E-state index contributed by atoms with van der Waals surface area (Å²) in [4.78, 5) is 17.1. The van der Waals surface area contributed by atoms with E-state index in [2.05, 4.69) is 31.3 Å². The average molecular weight is 538 g/mol. The first kappa shape index (κ1) is 25.4. The van der Waals surface area contributed by atoms with Gasteiger partial charge in [0.2, 0.25) is 0 Å². The number of benzene rings is 1. The Morgan fingerprint density at radius 3 is 2.50 bits per heavy atom. The smallest absolute Gasteiger partial charge is 0.322 e. The highest BCUT2D eigenvalue weighted by Gasteiger charge is 2.32. The van der Waals surface area contributed by atoms with Gasteiger partial charge in [0.1, 0.15) is 0 Å². The van der Waals surface area contributed by atoms with Crippen LogP contribution >= 0.6 is 15.9 Å². The third-order valence-electron chi connectivity index (χ3n) is 5.44. The molecule has 0 saturated heterocycles. The van der Waals surface area contributed by atoms with Gasteiger partial charge in [-0.15, -0.1) is 0 Å². The number of carbonyl (C=O) groups is 1. The Morgan fingerprint density at radius 1 is 1.24 bits per heavy atom. The fourth-order valence-electron chi connectivity index (χ4n) is 3.24. The molecule has 2 heterocycles. The van der Waals surface area contributed by atoms with Crippen LogP contribution in [0.2, 0.25) is 0 Å². The zero-order valence-corrected chi connectivity index (χ0v) is 20.5. The normalized spacial score (nSPS) is 11.4. The maximum absolute atomic E-state index is 13.2. The van der Waals surface area contributed by atoms with Crippen molar-refractivity contribution >= 4 is 38.9 Å². The molecule has 0 atom stereocenters. The minimum absolute atomic E-state index is 0.0206. The van der Waals surface area contributed by atoms with Crippen LogP contribution in [0.5, 0.6) is 0 Å². The monoisotopic (exact) mass is 537 g/mol. The molecule has 3 aromatic rings. The lowest BCUT2D eigenvalue weighted by atomic mass is 10.1. The van der Waals surface area contributed by atoms with Crippen molar-refractivity contribution in [3.63, 3.8) is 0 Å². The van der Waals surface area contributed by atoms with Crippen LogP contribution < -0.4 is 16.2 Å². The quantitative estimate of drug-likeness (QED) is 0.243. The Hall–Kier alpha value is -3.25. The van der Waals surface area contributed by atoms with Crippen molar-refractivity contribution in [2.45, 2.75) is 26.9 Å². The summed E-state index contributed by atoms with van der Waals surface area (Å²) in [6.45, 7) is 5.15. The summed E-state index contributed by atoms with van der Waals surface area (Å²) in [5, 5.41) is 16.3. The highest BCUT2D eigenvalue weighted by molar-refractivity contribution is 9.10. The second-order valence-corrected chi connectivity index (χ2v) is 8.64. The summed E-state index contributed by atoms with van der Waals surface area (Å²) in [6, 6.07) is 3.33. The van der Waals surface area contributed by atoms with Gasteiger partial charge in [0.15, 0.2) is 0 Å². The summed E-state index contributed by atoms with van der Waals surface area (Å²) in [5.41, 5.74) is 2.29. The largest absolute Gasteiger partial charge is 0.416 e. The molecule has 0 aliphatic rings. The number of aryl methyl sites for hydroxylation is 2. The molecule has 0 aliphatic heterocycles. The van der Waals surface area contributed by atoms with Gasteiger partial charge in [-0.1, -0.05) is 15.9 Å². The summed E-state index contributed by atoms with van der Waals surface area (Å²) < 4.78 is 41.5. The fraction of sp³-hybridized carbons (Fsp3) is 0.273. The van der Waals surface area contributed by atoms with Crippen LogP contribution in [0.1, 0.15) is 38.4 Å². The number of amides is 1. The molecule has 2 aromatic heterocycles. The molecule has 1 amide bonds. The molecular weight excluding hydrogens is 515 g/mol. The third-order valence-corrected chi connectivity index (χ3v) is 6.26. The van der Waals surface area contributed by atoms with Crippen LogP contribution in [0.15, 0.2) is 35.1 Å². The van der Waals surface area contributed by atoms with Gasteiger partial charge in [0.25, 0.3) is 5.91 Å². The summed E-state index contributed by atoms with van der Waals surface area (Å²) in [5.74, 6) is 5.54. The zero-order chi connectivity index (χ0) is 25.4. The fourth-order valence-corrected chi connectivity index (χ4v) is 3.70. The lowest BCUT2D eigenvalue weighted by molar-refractivity contribution is -0.137. The van der Waals surface area contributed by atoms with Crippen molar-refractivity contribution in [2.24, 2.45) is 12.9 Å². The zero-order valence-electron chi connectivity index (χ0n) is 18.9. The number of anilines is 2. The third kappa shape index (κ3) is 5.28. The van der Waals surface area contributed by atoms with Crippen molar-refractivity contribution in [2.75, 3.05) is 16.9 Å². The van der Waals surface area contributed by atoms with E-state index in [1.165, 1.54) is 17.3 Å².